The van der Waals surface area contributed by atoms with E-state index in [0.717, 1.165) is 27.8 Å². The summed E-state index contributed by atoms with van der Waals surface area (Å²) in [6.07, 6.45) is 1.60. The van der Waals surface area contributed by atoms with E-state index in [1.54, 1.807) is 24.3 Å². The fourth-order valence-corrected chi connectivity index (χ4v) is 4.89. The van der Waals surface area contributed by atoms with Crippen molar-refractivity contribution in [3.63, 3.8) is 0 Å². The van der Waals surface area contributed by atoms with Crippen LogP contribution in [0.1, 0.15) is 22.3 Å². The van der Waals surface area contributed by atoms with Crippen molar-refractivity contribution in [2.24, 2.45) is 0 Å². The van der Waals surface area contributed by atoms with Gasteiger partial charge in [0, 0.05) is 10.2 Å². The second-order valence-electron chi connectivity index (χ2n) is 8.48. The molecule has 1 fully saturated rings. The van der Waals surface area contributed by atoms with Gasteiger partial charge in [-0.25, -0.2) is 0 Å². The molecule has 0 bridgehead atoms. The summed E-state index contributed by atoms with van der Waals surface area (Å²) in [5.74, 6) is 0.0402. The maximum absolute atomic E-state index is 12.9. The molecule has 1 aliphatic rings. The first-order chi connectivity index (χ1) is 17.7. The van der Waals surface area contributed by atoms with Crippen molar-refractivity contribution in [2.45, 2.75) is 20.5 Å². The third kappa shape index (κ3) is 6.61. The molecule has 190 valence electrons. The molecular formula is C28H25BrN2O5S. The number of carbonyl (C=O) groups excluding carboxylic acids is 3. The van der Waals surface area contributed by atoms with Gasteiger partial charge in [0.2, 0.25) is 5.91 Å². The maximum Gasteiger partial charge on any atom is 0.294 e. The Balaban J connectivity index is 1.47. The zero-order valence-corrected chi connectivity index (χ0v) is 22.9. The molecule has 0 aliphatic carbocycles. The molecule has 0 unspecified atom stereocenters. The molecular weight excluding hydrogens is 556 g/mol. The van der Waals surface area contributed by atoms with Crippen molar-refractivity contribution >= 4 is 56.5 Å². The van der Waals surface area contributed by atoms with E-state index in [4.69, 9.17) is 9.47 Å². The number of carbonyl (C=O) groups is 3. The van der Waals surface area contributed by atoms with Crippen molar-refractivity contribution in [3.8, 4) is 11.5 Å². The number of hydrogen-bond acceptors (Lipinski definition) is 6. The molecule has 0 atom stereocenters. The van der Waals surface area contributed by atoms with Crippen molar-refractivity contribution in [1.29, 1.82) is 0 Å². The number of hydrogen-bond donors (Lipinski definition) is 1. The van der Waals surface area contributed by atoms with E-state index in [2.05, 4.69) is 21.2 Å². The van der Waals surface area contributed by atoms with Crippen LogP contribution in [0.25, 0.3) is 6.08 Å². The van der Waals surface area contributed by atoms with Crippen LogP contribution < -0.4 is 14.8 Å². The van der Waals surface area contributed by atoms with Crippen LogP contribution in [-0.4, -0.2) is 35.6 Å². The van der Waals surface area contributed by atoms with E-state index in [0.29, 0.717) is 33.8 Å². The fourth-order valence-electron chi connectivity index (χ4n) is 3.62. The standard InChI is InChI=1S/C28H25BrN2O5S/c1-17-7-9-19(10-8-17)16-36-24-14-22(29)20(12-23(24)35-3)13-25-27(33)31(28(34)37-25)15-26(32)30-21-6-4-5-18(2)11-21/h4-14H,15-16H2,1-3H3,(H,30,32)/b25-13-. The highest BCUT2D eigenvalue weighted by molar-refractivity contribution is 9.10. The lowest BCUT2D eigenvalue weighted by Gasteiger charge is -2.14. The number of nitrogens with zero attached hydrogens (tertiary/aromatic N) is 1. The van der Waals surface area contributed by atoms with Crippen LogP contribution in [0.4, 0.5) is 10.5 Å². The number of ether oxygens (including phenoxy) is 2. The first-order valence-electron chi connectivity index (χ1n) is 11.4. The lowest BCUT2D eigenvalue weighted by molar-refractivity contribution is -0.127. The number of anilines is 1. The van der Waals surface area contributed by atoms with E-state index >= 15 is 0 Å². The van der Waals surface area contributed by atoms with E-state index in [9.17, 15) is 14.4 Å². The van der Waals surface area contributed by atoms with Gasteiger partial charge in [-0.3, -0.25) is 19.3 Å². The summed E-state index contributed by atoms with van der Waals surface area (Å²) in [7, 11) is 1.53. The number of amides is 3. The number of methoxy groups -OCH3 is 1. The first kappa shape index (κ1) is 26.5. The number of thioether (sulfide) groups is 1. The van der Waals surface area contributed by atoms with E-state index < -0.39 is 17.1 Å². The van der Waals surface area contributed by atoms with Crippen LogP contribution in [0.2, 0.25) is 0 Å². The Morgan fingerprint density at radius 1 is 1.03 bits per heavy atom. The van der Waals surface area contributed by atoms with Crippen molar-refractivity contribution in [1.82, 2.24) is 4.90 Å². The van der Waals surface area contributed by atoms with Gasteiger partial charge in [0.15, 0.2) is 11.5 Å². The average molecular weight is 581 g/mol. The van der Waals surface area contributed by atoms with Gasteiger partial charge >= 0.3 is 0 Å². The molecule has 7 nitrogen and oxygen atoms in total. The fraction of sp³-hybridized carbons (Fsp3) is 0.179. The van der Waals surface area contributed by atoms with Gasteiger partial charge in [-0.2, -0.15) is 0 Å². The van der Waals surface area contributed by atoms with Gasteiger partial charge in [0.25, 0.3) is 11.1 Å². The summed E-state index contributed by atoms with van der Waals surface area (Å²) >= 11 is 4.31. The highest BCUT2D eigenvalue weighted by atomic mass is 79.9. The molecule has 0 spiro atoms. The highest BCUT2D eigenvalue weighted by Gasteiger charge is 2.36. The van der Waals surface area contributed by atoms with Gasteiger partial charge in [-0.1, -0.05) is 57.9 Å². The Hall–Kier alpha value is -3.56. The lowest BCUT2D eigenvalue weighted by atomic mass is 10.1. The van der Waals surface area contributed by atoms with Crippen molar-refractivity contribution < 1.29 is 23.9 Å². The second kappa shape index (κ2) is 11.7. The summed E-state index contributed by atoms with van der Waals surface area (Å²) < 4.78 is 12.1. The quantitative estimate of drug-likeness (QED) is 0.313. The molecule has 1 aliphatic heterocycles. The summed E-state index contributed by atoms with van der Waals surface area (Å²) in [5.41, 5.74) is 4.42. The number of rotatable bonds is 8. The van der Waals surface area contributed by atoms with E-state index in [1.165, 1.54) is 12.7 Å². The van der Waals surface area contributed by atoms with Crippen molar-refractivity contribution in [3.05, 3.63) is 92.3 Å². The third-order valence-corrected chi connectivity index (χ3v) is 7.16. The average Bonchev–Trinajstić information content (AvgIpc) is 3.12. The van der Waals surface area contributed by atoms with Crippen LogP contribution in [0.3, 0.4) is 0 Å². The monoisotopic (exact) mass is 580 g/mol. The molecule has 9 heteroatoms. The van der Waals surface area contributed by atoms with Gasteiger partial charge in [0.05, 0.1) is 12.0 Å². The Morgan fingerprint density at radius 3 is 2.49 bits per heavy atom. The Labute approximate surface area is 228 Å². The minimum atomic E-state index is -0.528. The summed E-state index contributed by atoms with van der Waals surface area (Å²) in [6.45, 7) is 3.93. The molecule has 37 heavy (non-hydrogen) atoms. The summed E-state index contributed by atoms with van der Waals surface area (Å²) in [6, 6.07) is 18.8. The number of aryl methyl sites for hydroxylation is 2. The predicted octanol–water partition coefficient (Wildman–Crippen LogP) is 6.33. The largest absolute Gasteiger partial charge is 0.493 e. The van der Waals surface area contributed by atoms with Crippen LogP contribution in [0.5, 0.6) is 11.5 Å². The molecule has 1 heterocycles. The van der Waals surface area contributed by atoms with Crippen molar-refractivity contribution in [2.75, 3.05) is 19.0 Å². The molecule has 3 aromatic carbocycles. The van der Waals surface area contributed by atoms with Crippen LogP contribution in [0.15, 0.2) is 70.0 Å². The van der Waals surface area contributed by atoms with Gasteiger partial charge in [-0.15, -0.1) is 0 Å². The lowest BCUT2D eigenvalue weighted by Crippen LogP contribution is -2.36. The molecule has 1 N–H and O–H groups in total. The minimum absolute atomic E-state index is 0.212. The summed E-state index contributed by atoms with van der Waals surface area (Å²) in [5, 5.41) is 2.22. The SMILES string of the molecule is COc1cc(/C=C2\SC(=O)N(CC(=O)Nc3cccc(C)c3)C2=O)c(Br)cc1OCc1ccc(C)cc1. The minimum Gasteiger partial charge on any atom is -0.493 e. The Kier molecular flexibility index (Phi) is 8.35. The van der Waals surface area contributed by atoms with E-state index in [1.807, 2.05) is 56.3 Å². The number of nitrogens with one attached hydrogen (secondary N) is 1. The molecule has 4 rings (SSSR count). The van der Waals surface area contributed by atoms with Crippen LogP contribution >= 0.6 is 27.7 Å². The molecule has 1 saturated heterocycles. The molecule has 3 amide bonds. The first-order valence-corrected chi connectivity index (χ1v) is 13.0. The predicted molar refractivity (Wildman–Crippen MR) is 149 cm³/mol. The van der Waals surface area contributed by atoms with Crippen LogP contribution in [0, 0.1) is 13.8 Å². The third-order valence-electron chi connectivity index (χ3n) is 5.56. The van der Waals surface area contributed by atoms with Gasteiger partial charge < -0.3 is 14.8 Å². The molecule has 0 saturated carbocycles. The molecule has 3 aromatic rings. The number of halogens is 1. The Bertz CT molecular complexity index is 1390. The normalized spacial score (nSPS) is 14.3. The molecule has 0 aromatic heterocycles. The maximum atomic E-state index is 12.9. The molecule has 0 radical (unpaired) electrons. The summed E-state index contributed by atoms with van der Waals surface area (Å²) in [4.78, 5) is 39.1. The van der Waals surface area contributed by atoms with Gasteiger partial charge in [-0.05, 0) is 72.6 Å². The highest BCUT2D eigenvalue weighted by Crippen LogP contribution is 2.38. The smallest absolute Gasteiger partial charge is 0.294 e. The number of benzene rings is 3. The topological polar surface area (TPSA) is 84.9 Å². The second-order valence-corrected chi connectivity index (χ2v) is 10.3. The zero-order chi connectivity index (χ0) is 26.5. The Morgan fingerprint density at radius 2 is 1.78 bits per heavy atom. The number of imide groups is 1. The van der Waals surface area contributed by atoms with Crippen LogP contribution in [-0.2, 0) is 16.2 Å². The van der Waals surface area contributed by atoms with E-state index in [-0.39, 0.29) is 11.4 Å². The van der Waals surface area contributed by atoms with Gasteiger partial charge in [0.1, 0.15) is 13.2 Å². The zero-order valence-electron chi connectivity index (χ0n) is 20.5.